The van der Waals surface area contributed by atoms with Crippen LogP contribution in [0.1, 0.15) is 11.1 Å². The van der Waals surface area contributed by atoms with Gasteiger partial charge in [-0.15, -0.1) is 0 Å². The summed E-state index contributed by atoms with van der Waals surface area (Å²) in [7, 11) is 1.80. The molecule has 0 saturated heterocycles. The van der Waals surface area contributed by atoms with Gasteiger partial charge in [-0.05, 0) is 23.8 Å². The zero-order valence-electron chi connectivity index (χ0n) is 19.1. The van der Waals surface area contributed by atoms with E-state index in [1.807, 2.05) is 0 Å². The number of rotatable bonds is 6. The van der Waals surface area contributed by atoms with Crippen molar-refractivity contribution < 1.29 is 9.50 Å². The van der Waals surface area contributed by atoms with E-state index in [9.17, 15) is 14.3 Å². The number of halogens is 2. The maximum absolute atomic E-state index is 14.2. The fraction of sp³-hybridized carbons (Fsp3) is 0.125. The second kappa shape index (κ2) is 9.02. The maximum Gasteiger partial charge on any atom is 0.276 e. The summed E-state index contributed by atoms with van der Waals surface area (Å²) in [6, 6.07) is 9.58. The van der Waals surface area contributed by atoms with E-state index in [1.54, 1.807) is 48.4 Å². The quantitative estimate of drug-likeness (QED) is 0.276. The Morgan fingerprint density at radius 1 is 1.19 bits per heavy atom. The number of fused-ring (bicyclic) bond motifs is 1. The lowest BCUT2D eigenvalue weighted by molar-refractivity contribution is 0.274. The van der Waals surface area contributed by atoms with Gasteiger partial charge in [-0.25, -0.2) is 9.37 Å². The summed E-state index contributed by atoms with van der Waals surface area (Å²) >= 11 is 6.45. The van der Waals surface area contributed by atoms with Crippen LogP contribution in [0.4, 0.5) is 27.7 Å². The molecule has 10 nitrogen and oxygen atoms in total. The summed E-state index contributed by atoms with van der Waals surface area (Å²) in [4.78, 5) is 17.7. The summed E-state index contributed by atoms with van der Waals surface area (Å²) in [6.45, 7) is -0.576. The molecule has 184 valence electrons. The van der Waals surface area contributed by atoms with E-state index in [1.165, 1.54) is 27.3 Å². The van der Waals surface area contributed by atoms with Crippen LogP contribution in [-0.2, 0) is 20.2 Å². The van der Waals surface area contributed by atoms with Gasteiger partial charge in [0.05, 0.1) is 24.4 Å². The molecule has 5 aromatic rings. The number of hydrogen-bond donors (Lipinski definition) is 4. The molecule has 0 aliphatic carbocycles. The van der Waals surface area contributed by atoms with Crippen LogP contribution in [0.15, 0.2) is 59.8 Å². The molecule has 6 N–H and O–H groups in total. The predicted octanol–water partition coefficient (Wildman–Crippen LogP) is 3.14. The van der Waals surface area contributed by atoms with Crippen LogP contribution in [-0.4, -0.2) is 28.8 Å². The van der Waals surface area contributed by atoms with E-state index < -0.39 is 18.0 Å². The number of aromatic nitrogens is 5. The molecule has 4 heterocycles. The van der Waals surface area contributed by atoms with Crippen molar-refractivity contribution in [3.05, 3.63) is 87.3 Å². The lowest BCUT2D eigenvalue weighted by atomic mass is 10.1. The predicted molar refractivity (Wildman–Crippen MR) is 137 cm³/mol. The Kier molecular flexibility index (Phi) is 5.86. The second-order valence-corrected chi connectivity index (χ2v) is 8.60. The average molecular weight is 509 g/mol. The van der Waals surface area contributed by atoms with E-state index in [0.29, 0.717) is 27.5 Å². The van der Waals surface area contributed by atoms with Gasteiger partial charge < -0.3 is 21.9 Å². The normalized spacial score (nSPS) is 11.3. The van der Waals surface area contributed by atoms with Gasteiger partial charge in [0.25, 0.3) is 5.56 Å². The average Bonchev–Trinajstić information content (AvgIpc) is 3.48. The number of aliphatic hydroxyl groups excluding tert-OH is 1. The Morgan fingerprint density at radius 2 is 2.00 bits per heavy atom. The number of aliphatic hydroxyl groups is 1. The molecule has 0 saturated carbocycles. The highest BCUT2D eigenvalue weighted by atomic mass is 35.5. The minimum absolute atomic E-state index is 0.0159. The first-order valence-electron chi connectivity index (χ1n) is 10.9. The monoisotopic (exact) mass is 508 g/mol. The van der Waals surface area contributed by atoms with Crippen LogP contribution >= 0.6 is 11.6 Å². The van der Waals surface area contributed by atoms with Gasteiger partial charge in [-0.2, -0.15) is 5.10 Å². The molecular formula is C24H22ClFN8O2. The van der Waals surface area contributed by atoms with Gasteiger partial charge in [-0.3, -0.25) is 18.4 Å². The Balaban J connectivity index is 1.60. The van der Waals surface area contributed by atoms with Crippen LogP contribution in [0.25, 0.3) is 16.6 Å². The summed E-state index contributed by atoms with van der Waals surface area (Å²) in [5, 5.41) is 17.3. The molecular weight excluding hydrogens is 487 g/mol. The van der Waals surface area contributed by atoms with Gasteiger partial charge in [0, 0.05) is 42.2 Å². The van der Waals surface area contributed by atoms with E-state index in [0.717, 1.165) is 5.82 Å². The number of nitrogens with zero attached hydrogens (tertiary/aromatic N) is 5. The summed E-state index contributed by atoms with van der Waals surface area (Å²) in [6.07, 6.45) is 4.84. The summed E-state index contributed by atoms with van der Waals surface area (Å²) in [5.41, 5.74) is 14.1. The van der Waals surface area contributed by atoms with Crippen molar-refractivity contribution in [2.75, 3.05) is 16.8 Å². The van der Waals surface area contributed by atoms with E-state index in [2.05, 4.69) is 15.4 Å². The van der Waals surface area contributed by atoms with Crippen molar-refractivity contribution in [2.24, 2.45) is 7.05 Å². The highest BCUT2D eigenvalue weighted by Crippen LogP contribution is 2.32. The third kappa shape index (κ3) is 3.93. The number of nitrogens with two attached hydrogens (primary N) is 2. The van der Waals surface area contributed by atoms with E-state index >= 15 is 0 Å². The summed E-state index contributed by atoms with van der Waals surface area (Å²) in [5.74, 6) is 0.847. The fourth-order valence-electron chi connectivity index (χ4n) is 4.10. The number of nitrogens with one attached hydrogen (secondary N) is 1. The van der Waals surface area contributed by atoms with Crippen molar-refractivity contribution in [3.63, 3.8) is 0 Å². The van der Waals surface area contributed by atoms with Gasteiger partial charge in [-0.1, -0.05) is 23.7 Å². The SMILES string of the molecule is Cn1nccc1Nc1cc(-c2cc3c(=O)n(Cc4cccc(F)c4CO)c(N)c(N)n3c2)c(Cl)cn1. The Bertz CT molecular complexity index is 1670. The van der Waals surface area contributed by atoms with Crippen LogP contribution in [0.3, 0.4) is 0 Å². The first-order chi connectivity index (χ1) is 17.3. The van der Waals surface area contributed by atoms with Crippen LogP contribution < -0.4 is 22.3 Å². The second-order valence-electron chi connectivity index (χ2n) is 8.20. The molecule has 0 amide bonds. The number of anilines is 4. The molecule has 12 heteroatoms. The van der Waals surface area contributed by atoms with Crippen molar-refractivity contribution in [2.45, 2.75) is 13.2 Å². The molecule has 5 rings (SSSR count). The molecule has 0 unspecified atom stereocenters. The molecule has 0 bridgehead atoms. The van der Waals surface area contributed by atoms with E-state index in [4.69, 9.17) is 23.1 Å². The van der Waals surface area contributed by atoms with Crippen LogP contribution in [0.2, 0.25) is 5.02 Å². The van der Waals surface area contributed by atoms with Gasteiger partial charge in [0.2, 0.25) is 0 Å². The molecule has 0 spiro atoms. The zero-order chi connectivity index (χ0) is 25.6. The fourth-order valence-corrected chi connectivity index (χ4v) is 4.31. The standard InChI is InChI=1S/C24H22ClFN8O2/c1-32-21(5-6-30-32)31-20-8-15(17(25)9-29-20)14-7-19-24(36)34(23(28)22(27)33(19)11-14)10-13-3-2-4-18(26)16(13)12-35/h2-9,11,35H,10,12,27-28H2,1H3,(H,29,31). The number of benzene rings is 1. The number of pyridine rings is 1. The molecule has 0 fully saturated rings. The highest BCUT2D eigenvalue weighted by molar-refractivity contribution is 6.33. The Labute approximate surface area is 209 Å². The molecule has 0 atom stereocenters. The third-order valence-corrected chi connectivity index (χ3v) is 6.34. The number of nitrogen functional groups attached to an aromatic ring is 2. The van der Waals surface area contributed by atoms with Crippen molar-refractivity contribution >= 4 is 40.4 Å². The lowest BCUT2D eigenvalue weighted by Gasteiger charge is -2.15. The smallest absolute Gasteiger partial charge is 0.276 e. The first-order valence-corrected chi connectivity index (χ1v) is 11.2. The molecule has 0 radical (unpaired) electrons. The first kappa shape index (κ1) is 23.4. The van der Waals surface area contributed by atoms with E-state index in [-0.39, 0.29) is 29.3 Å². The minimum Gasteiger partial charge on any atom is -0.392 e. The Morgan fingerprint density at radius 3 is 2.72 bits per heavy atom. The number of hydrogen-bond acceptors (Lipinski definition) is 7. The van der Waals surface area contributed by atoms with Crippen LogP contribution in [0, 0.1) is 5.82 Å². The molecule has 0 aliphatic heterocycles. The highest BCUT2D eigenvalue weighted by Gasteiger charge is 2.18. The van der Waals surface area contributed by atoms with Crippen molar-refractivity contribution in [1.82, 2.24) is 23.7 Å². The van der Waals surface area contributed by atoms with Crippen LogP contribution in [0.5, 0.6) is 0 Å². The molecule has 4 aromatic heterocycles. The largest absolute Gasteiger partial charge is 0.392 e. The molecule has 36 heavy (non-hydrogen) atoms. The Hall–Kier alpha value is -4.35. The molecule has 1 aromatic carbocycles. The topological polar surface area (TPSA) is 141 Å². The number of aryl methyl sites for hydroxylation is 1. The zero-order valence-corrected chi connectivity index (χ0v) is 19.9. The van der Waals surface area contributed by atoms with Gasteiger partial charge in [0.1, 0.15) is 34.6 Å². The lowest BCUT2D eigenvalue weighted by Crippen LogP contribution is -2.27. The van der Waals surface area contributed by atoms with Gasteiger partial charge in [0.15, 0.2) is 0 Å². The molecule has 0 aliphatic rings. The van der Waals surface area contributed by atoms with Crippen molar-refractivity contribution in [1.29, 1.82) is 0 Å². The maximum atomic E-state index is 14.2. The van der Waals surface area contributed by atoms with Crippen molar-refractivity contribution in [3.8, 4) is 11.1 Å². The third-order valence-electron chi connectivity index (χ3n) is 6.04. The summed E-state index contributed by atoms with van der Waals surface area (Å²) < 4.78 is 18.6. The van der Waals surface area contributed by atoms with Gasteiger partial charge >= 0.3 is 0 Å². The minimum atomic E-state index is -0.566.